The molecule has 2 atom stereocenters. The van der Waals surface area contributed by atoms with Gasteiger partial charge in [0.2, 0.25) is 23.5 Å². The summed E-state index contributed by atoms with van der Waals surface area (Å²) in [6.07, 6.45) is 1.12. The first kappa shape index (κ1) is 23.4. The fraction of sp³-hybridized carbons (Fsp3) is 0.688. The average Bonchev–Trinajstić information content (AvgIpc) is 2.49. The van der Waals surface area contributed by atoms with Crippen LogP contribution in [0.1, 0.15) is 33.1 Å². The minimum Gasteiger partial charge on any atom is -0.368 e. The molecule has 0 aliphatic heterocycles. The number of nitrogens with two attached hydrogens (primary N) is 1. The predicted molar refractivity (Wildman–Crippen MR) is 94.3 cm³/mol. The maximum Gasteiger partial charge on any atom is 0.372 e. The van der Waals surface area contributed by atoms with E-state index in [1.54, 1.807) is 19.0 Å². The molecule has 10 heteroatoms. The second-order valence-corrected chi connectivity index (χ2v) is 6.71. The van der Waals surface area contributed by atoms with Gasteiger partial charge in [0.1, 0.15) is 12.1 Å². The molecule has 0 unspecified atom stereocenters. The summed E-state index contributed by atoms with van der Waals surface area (Å²) in [6.45, 7) is 3.94. The number of nitrogens with one attached hydrogen (secondary N) is 3. The maximum atomic E-state index is 12.5. The third-order valence-electron chi connectivity index (χ3n) is 3.37. The van der Waals surface area contributed by atoms with Gasteiger partial charge in [0.25, 0.3) is 0 Å². The SMILES string of the molecule is CC(C)C[C@H](NC(=O)CN(C)C)C(=O)N[C@@H](CCC(=O)C=[N+]=N)C(N)=O. The molecule has 0 radical (unpaired) electrons. The van der Waals surface area contributed by atoms with E-state index in [9.17, 15) is 19.2 Å². The molecule has 0 aliphatic carbocycles. The van der Waals surface area contributed by atoms with E-state index < -0.39 is 29.7 Å². The Labute approximate surface area is 153 Å². The average molecular weight is 369 g/mol. The number of rotatable bonds is 12. The topological polar surface area (TPSA) is 160 Å². The molecule has 0 aliphatic rings. The molecule has 146 valence electrons. The van der Waals surface area contributed by atoms with Crippen molar-refractivity contribution in [3.63, 3.8) is 0 Å². The summed E-state index contributed by atoms with van der Waals surface area (Å²) in [4.78, 5) is 51.9. The summed E-state index contributed by atoms with van der Waals surface area (Å²) < 4.78 is 0. The first-order valence-electron chi connectivity index (χ1n) is 8.33. The molecule has 0 aromatic carbocycles. The minimum atomic E-state index is -1.05. The van der Waals surface area contributed by atoms with Crippen LogP contribution in [0.5, 0.6) is 0 Å². The van der Waals surface area contributed by atoms with Crippen molar-refractivity contribution in [1.82, 2.24) is 15.5 Å². The highest BCUT2D eigenvalue weighted by Gasteiger charge is 2.27. The number of primary amides is 1. The van der Waals surface area contributed by atoms with E-state index in [0.717, 1.165) is 6.21 Å². The quantitative estimate of drug-likeness (QED) is 0.191. The fourth-order valence-corrected chi connectivity index (χ4v) is 2.21. The Hall–Kier alpha value is -2.58. The molecular weight excluding hydrogens is 340 g/mol. The van der Waals surface area contributed by atoms with E-state index in [1.165, 1.54) is 0 Å². The van der Waals surface area contributed by atoms with Crippen molar-refractivity contribution < 1.29 is 24.0 Å². The van der Waals surface area contributed by atoms with Gasteiger partial charge in [-0.2, -0.15) is 0 Å². The zero-order chi connectivity index (χ0) is 20.3. The Morgan fingerprint density at radius 1 is 1.15 bits per heavy atom. The van der Waals surface area contributed by atoms with Gasteiger partial charge >= 0.3 is 6.21 Å². The van der Waals surface area contributed by atoms with Gasteiger partial charge in [0.05, 0.1) is 16.9 Å². The molecule has 0 fully saturated rings. The molecule has 0 bridgehead atoms. The van der Waals surface area contributed by atoms with Crippen LogP contribution in [0.4, 0.5) is 0 Å². The summed E-state index contributed by atoms with van der Waals surface area (Å²) in [5.74, 6) is -1.94. The first-order chi connectivity index (χ1) is 12.1. The lowest BCUT2D eigenvalue weighted by Gasteiger charge is -2.23. The summed E-state index contributed by atoms with van der Waals surface area (Å²) in [5, 5.41) is 5.14. The Balaban J connectivity index is 4.98. The third kappa shape index (κ3) is 10.3. The number of carbonyl (C=O) groups excluding carboxylic acids is 4. The number of hydrogen-bond acceptors (Lipinski definition) is 6. The fourth-order valence-electron chi connectivity index (χ4n) is 2.21. The zero-order valence-corrected chi connectivity index (χ0v) is 15.7. The Bertz CT molecular complexity index is 569. The Morgan fingerprint density at radius 2 is 1.77 bits per heavy atom. The van der Waals surface area contributed by atoms with Gasteiger partial charge in [-0.3, -0.25) is 19.2 Å². The van der Waals surface area contributed by atoms with Crippen molar-refractivity contribution in [3.05, 3.63) is 0 Å². The van der Waals surface area contributed by atoms with Crippen molar-refractivity contribution in [2.45, 2.75) is 45.2 Å². The molecule has 26 heavy (non-hydrogen) atoms. The van der Waals surface area contributed by atoms with Crippen molar-refractivity contribution >= 4 is 29.7 Å². The standard InChI is InChI=1S/C16H28N6O4/c1-10(2)7-13(20-14(24)9-22(3)4)16(26)21-12(15(17)25)6-5-11(23)8-19-18/h8,10,12-13,18H,5-7,9H2,1-4H3,(H3-,17,20,21,24,25,26)/p+1/t12-,13-/m0/s1. The number of hydrogen-bond donors (Lipinski definition) is 4. The largest absolute Gasteiger partial charge is 0.372 e. The number of amides is 3. The van der Waals surface area contributed by atoms with Gasteiger partial charge < -0.3 is 21.3 Å². The van der Waals surface area contributed by atoms with Gasteiger partial charge in [-0.1, -0.05) is 13.8 Å². The predicted octanol–water partition coefficient (Wildman–Crippen LogP) is -1.29. The molecule has 0 aromatic rings. The number of nitrogens with zero attached hydrogens (tertiary/aromatic N) is 2. The summed E-state index contributed by atoms with van der Waals surface area (Å²) in [7, 11) is 3.47. The van der Waals surface area contributed by atoms with Crippen LogP contribution in [0.15, 0.2) is 0 Å². The molecule has 0 aromatic heterocycles. The monoisotopic (exact) mass is 369 g/mol. The van der Waals surface area contributed by atoms with Crippen LogP contribution in [0, 0.1) is 11.4 Å². The number of Topliss-reactive ketones (excluding diaryl/α,β-unsaturated/α-hetero) is 1. The molecule has 3 amide bonds. The number of carbonyl (C=O) groups is 4. The van der Waals surface area contributed by atoms with Crippen molar-refractivity contribution in [1.29, 1.82) is 5.53 Å². The van der Waals surface area contributed by atoms with Crippen molar-refractivity contribution in [2.75, 3.05) is 20.6 Å². The molecule has 0 saturated carbocycles. The van der Waals surface area contributed by atoms with Crippen LogP contribution >= 0.6 is 0 Å². The van der Waals surface area contributed by atoms with Crippen LogP contribution in [0.3, 0.4) is 0 Å². The van der Waals surface area contributed by atoms with Gasteiger partial charge in [-0.25, -0.2) is 0 Å². The normalized spacial score (nSPS) is 12.8. The van der Waals surface area contributed by atoms with E-state index in [2.05, 4.69) is 15.4 Å². The summed E-state index contributed by atoms with van der Waals surface area (Å²) in [5.41, 5.74) is 11.9. The number of likely N-dealkylation sites (N-methyl/N-ethyl adjacent to an activating group) is 1. The summed E-state index contributed by atoms with van der Waals surface area (Å²) in [6, 6.07) is -1.86. The maximum absolute atomic E-state index is 12.5. The van der Waals surface area contributed by atoms with Crippen LogP contribution in [-0.4, -0.2) is 72.1 Å². The van der Waals surface area contributed by atoms with Gasteiger partial charge in [0, 0.05) is 6.42 Å². The van der Waals surface area contributed by atoms with Gasteiger partial charge in [-0.15, -0.1) is 0 Å². The van der Waals surface area contributed by atoms with E-state index in [4.69, 9.17) is 11.3 Å². The summed E-state index contributed by atoms with van der Waals surface area (Å²) >= 11 is 0. The lowest BCUT2D eigenvalue weighted by molar-refractivity contribution is -0.133. The zero-order valence-electron chi connectivity index (χ0n) is 15.7. The molecule has 5 N–H and O–H groups in total. The van der Waals surface area contributed by atoms with E-state index in [0.29, 0.717) is 6.42 Å². The lowest BCUT2D eigenvalue weighted by Crippen LogP contribution is -2.54. The van der Waals surface area contributed by atoms with Crippen molar-refractivity contribution in [2.24, 2.45) is 11.7 Å². The van der Waals surface area contributed by atoms with Gasteiger partial charge in [0.15, 0.2) is 0 Å². The highest BCUT2D eigenvalue weighted by molar-refractivity contribution is 6.25. The first-order valence-corrected chi connectivity index (χ1v) is 8.33. The molecule has 0 saturated heterocycles. The van der Waals surface area contributed by atoms with Crippen LogP contribution in [-0.2, 0) is 19.2 Å². The smallest absolute Gasteiger partial charge is 0.368 e. The van der Waals surface area contributed by atoms with Crippen LogP contribution < -0.4 is 16.4 Å². The second-order valence-electron chi connectivity index (χ2n) is 6.71. The van der Waals surface area contributed by atoms with E-state index in [1.807, 2.05) is 13.8 Å². The molecule has 0 heterocycles. The van der Waals surface area contributed by atoms with E-state index >= 15 is 0 Å². The third-order valence-corrected chi connectivity index (χ3v) is 3.37. The number of ketones is 1. The Kier molecular flexibility index (Phi) is 10.7. The van der Waals surface area contributed by atoms with E-state index in [-0.39, 0.29) is 31.2 Å². The van der Waals surface area contributed by atoms with Gasteiger partial charge in [-0.05, 0) is 32.9 Å². The Morgan fingerprint density at radius 3 is 2.23 bits per heavy atom. The molecular formula is C16H29N6O4+. The second kappa shape index (κ2) is 11.9. The van der Waals surface area contributed by atoms with Crippen LogP contribution in [0.2, 0.25) is 0 Å². The highest BCUT2D eigenvalue weighted by Crippen LogP contribution is 2.07. The highest BCUT2D eigenvalue weighted by atomic mass is 16.2. The molecule has 10 nitrogen and oxygen atoms in total. The molecule has 0 spiro atoms. The van der Waals surface area contributed by atoms with Crippen LogP contribution in [0.25, 0.3) is 0 Å². The lowest BCUT2D eigenvalue weighted by atomic mass is 10.0. The minimum absolute atomic E-state index is 0.00797. The molecule has 0 rings (SSSR count). The van der Waals surface area contributed by atoms with Crippen molar-refractivity contribution in [3.8, 4) is 0 Å².